The van der Waals surface area contributed by atoms with E-state index in [4.69, 9.17) is 11.5 Å². The highest BCUT2D eigenvalue weighted by Crippen LogP contribution is 2.03. The molecule has 0 aromatic heterocycles. The molecule has 0 saturated carbocycles. The second-order valence-corrected chi connectivity index (χ2v) is 6.35. The molecule has 152 valence electrons. The zero-order valence-corrected chi connectivity index (χ0v) is 16.4. The zero-order chi connectivity index (χ0) is 20.5. The second-order valence-electron chi connectivity index (χ2n) is 6.35. The number of carbonyl (C=O) groups is 3. The van der Waals surface area contributed by atoms with E-state index < -0.39 is 29.2 Å². The Labute approximate surface area is 154 Å². The summed E-state index contributed by atoms with van der Waals surface area (Å²) in [5.74, 6) is -1.54. The maximum absolute atomic E-state index is 12.7. The number of hydrogen-bond acceptors (Lipinski definition) is 8. The molecule has 0 fully saturated rings. The van der Waals surface area contributed by atoms with Gasteiger partial charge in [-0.15, -0.1) is 0 Å². The fourth-order valence-electron chi connectivity index (χ4n) is 2.25. The Morgan fingerprint density at radius 3 is 1.62 bits per heavy atom. The van der Waals surface area contributed by atoms with Gasteiger partial charge in [-0.1, -0.05) is 13.8 Å². The molecule has 11 nitrogen and oxygen atoms in total. The average Bonchev–Trinajstić information content (AvgIpc) is 2.62. The fourth-order valence-corrected chi connectivity index (χ4v) is 2.25. The van der Waals surface area contributed by atoms with E-state index in [1.807, 2.05) is 13.8 Å². The normalized spacial score (nSPS) is 13.4. The Bertz CT molecular complexity index is 489. The largest absolute Gasteiger partial charge is 0.367 e. The Hall–Kier alpha value is -1.79. The maximum atomic E-state index is 12.7. The van der Waals surface area contributed by atoms with Crippen LogP contribution in [0.3, 0.4) is 0 Å². The van der Waals surface area contributed by atoms with Crippen molar-refractivity contribution >= 4 is 17.7 Å². The van der Waals surface area contributed by atoms with Crippen molar-refractivity contribution in [3.8, 4) is 0 Å². The Balaban J connectivity index is 5.14. The van der Waals surface area contributed by atoms with Gasteiger partial charge in [-0.3, -0.25) is 35.7 Å². The van der Waals surface area contributed by atoms with Crippen molar-refractivity contribution < 1.29 is 14.4 Å². The van der Waals surface area contributed by atoms with E-state index in [0.717, 1.165) is 0 Å². The summed E-state index contributed by atoms with van der Waals surface area (Å²) >= 11 is 0. The summed E-state index contributed by atoms with van der Waals surface area (Å²) in [5, 5.41) is 16.5. The molecule has 0 radical (unpaired) electrons. The van der Waals surface area contributed by atoms with Crippen molar-refractivity contribution in [1.82, 2.24) is 31.9 Å². The third kappa shape index (κ3) is 5.61. The molecule has 0 unspecified atom stereocenters. The summed E-state index contributed by atoms with van der Waals surface area (Å²) in [6.45, 7) is 3.52. The highest BCUT2D eigenvalue weighted by molar-refractivity contribution is 5.90. The first kappa shape index (κ1) is 24.2. The maximum Gasteiger partial charge on any atom is 0.257 e. The van der Waals surface area contributed by atoms with Crippen LogP contribution in [0.2, 0.25) is 0 Å². The highest BCUT2D eigenvalue weighted by Gasteiger charge is 2.39. The fraction of sp³-hybridized carbons (Fsp3) is 0.800. The molecule has 26 heavy (non-hydrogen) atoms. The molecular formula is C15H34N8O3. The van der Waals surface area contributed by atoms with E-state index in [9.17, 15) is 14.4 Å². The summed E-state index contributed by atoms with van der Waals surface area (Å²) in [6.07, 6.45) is 0. The smallest absolute Gasteiger partial charge is 0.257 e. The quantitative estimate of drug-likeness (QED) is 0.159. The van der Waals surface area contributed by atoms with Gasteiger partial charge in [0.2, 0.25) is 5.91 Å². The summed E-state index contributed by atoms with van der Waals surface area (Å²) in [7, 11) is 6.23. The van der Waals surface area contributed by atoms with Crippen LogP contribution in [-0.2, 0) is 14.4 Å². The molecule has 0 bridgehead atoms. The molecule has 0 aliphatic heterocycles. The number of likely N-dealkylation sites (N-methyl/N-ethyl adjacent to an activating group) is 4. The third-order valence-corrected chi connectivity index (χ3v) is 4.58. The van der Waals surface area contributed by atoms with Crippen LogP contribution < -0.4 is 43.4 Å². The second kappa shape index (κ2) is 10.4. The lowest BCUT2D eigenvalue weighted by atomic mass is 10.0. The molecule has 0 rings (SSSR count). The molecule has 11 heteroatoms. The minimum atomic E-state index is -1.30. The number of hydrogen-bond donors (Lipinski definition) is 8. The molecule has 0 aromatic carbocycles. The summed E-state index contributed by atoms with van der Waals surface area (Å²) in [5.41, 5.74) is 8.61. The van der Waals surface area contributed by atoms with Crippen LogP contribution in [0.25, 0.3) is 0 Å². The monoisotopic (exact) mass is 374 g/mol. The topological polar surface area (TPSA) is 175 Å². The molecule has 3 amide bonds. The minimum Gasteiger partial charge on any atom is -0.367 e. The predicted octanol–water partition coefficient (Wildman–Crippen LogP) is -4.04. The van der Waals surface area contributed by atoms with Crippen molar-refractivity contribution in [2.45, 2.75) is 31.2 Å². The third-order valence-electron chi connectivity index (χ3n) is 4.58. The number of rotatable bonds is 12. The van der Waals surface area contributed by atoms with Crippen LogP contribution >= 0.6 is 0 Å². The van der Waals surface area contributed by atoms with Crippen molar-refractivity contribution in [3.63, 3.8) is 0 Å². The molecule has 0 saturated heterocycles. The number of nitrogens with one attached hydrogen (secondary N) is 6. The van der Waals surface area contributed by atoms with E-state index >= 15 is 0 Å². The van der Waals surface area contributed by atoms with Crippen LogP contribution in [0.15, 0.2) is 0 Å². The lowest BCUT2D eigenvalue weighted by molar-refractivity contribution is -0.131. The van der Waals surface area contributed by atoms with Gasteiger partial charge < -0.3 is 22.1 Å². The van der Waals surface area contributed by atoms with E-state index in [-0.39, 0.29) is 24.9 Å². The Morgan fingerprint density at radius 1 is 0.846 bits per heavy atom. The van der Waals surface area contributed by atoms with Gasteiger partial charge in [0.25, 0.3) is 11.8 Å². The number of carbonyl (C=O) groups excluding carboxylic acids is 3. The van der Waals surface area contributed by atoms with Gasteiger partial charge in [-0.05, 0) is 34.1 Å². The highest BCUT2D eigenvalue weighted by atomic mass is 16.2. The first-order chi connectivity index (χ1) is 12.1. The molecule has 0 aliphatic carbocycles. The number of primary amides is 1. The first-order valence-electron chi connectivity index (χ1n) is 8.43. The molecule has 0 heterocycles. The SMILES string of the molecule is CNC(CNC(=O)C(CNC(=O)[C@@H](N)C(C)C)(NC)NC)(NC)C(N)=O. The van der Waals surface area contributed by atoms with Crippen molar-refractivity contribution in [1.29, 1.82) is 0 Å². The summed E-state index contributed by atoms with van der Waals surface area (Å²) in [4.78, 5) is 36.5. The lowest BCUT2D eigenvalue weighted by Gasteiger charge is -2.35. The molecule has 1 atom stereocenters. The van der Waals surface area contributed by atoms with Crippen LogP contribution in [0, 0.1) is 5.92 Å². The van der Waals surface area contributed by atoms with E-state index in [0.29, 0.717) is 0 Å². The number of nitrogens with two attached hydrogens (primary N) is 2. The lowest BCUT2D eigenvalue weighted by Crippen LogP contribution is -2.73. The van der Waals surface area contributed by atoms with Crippen molar-refractivity contribution in [2.24, 2.45) is 17.4 Å². The molecule has 0 spiro atoms. The van der Waals surface area contributed by atoms with Crippen LogP contribution in [0.4, 0.5) is 0 Å². The van der Waals surface area contributed by atoms with Crippen LogP contribution in [-0.4, -0.2) is 76.4 Å². The zero-order valence-electron chi connectivity index (χ0n) is 16.4. The minimum absolute atomic E-state index is 0.0372. The predicted molar refractivity (Wildman–Crippen MR) is 99.7 cm³/mol. The molecule has 0 aromatic rings. The molecule has 10 N–H and O–H groups in total. The van der Waals surface area contributed by atoms with E-state index in [2.05, 4.69) is 31.9 Å². The summed E-state index contributed by atoms with van der Waals surface area (Å²) in [6, 6.07) is -0.680. The van der Waals surface area contributed by atoms with Gasteiger partial charge in [-0.25, -0.2) is 0 Å². The Kier molecular flexibility index (Phi) is 9.67. The van der Waals surface area contributed by atoms with Gasteiger partial charge in [0.15, 0.2) is 11.3 Å². The van der Waals surface area contributed by atoms with Crippen molar-refractivity contribution in [2.75, 3.05) is 41.3 Å². The average molecular weight is 374 g/mol. The van der Waals surface area contributed by atoms with Crippen LogP contribution in [0.1, 0.15) is 13.8 Å². The van der Waals surface area contributed by atoms with Gasteiger partial charge in [-0.2, -0.15) is 0 Å². The van der Waals surface area contributed by atoms with E-state index in [1.54, 1.807) is 28.2 Å². The standard InChI is InChI=1S/C15H34N8O3/c1-9(2)10(16)11(24)22-8-15(20-5,21-6)13(26)23-7-14(18-3,19-4)12(17)25/h9-10,18-21H,7-8,16H2,1-6H3,(H2,17,25)(H,22,24)(H,23,26)/t10-/m0/s1. The first-order valence-corrected chi connectivity index (χ1v) is 8.43. The van der Waals surface area contributed by atoms with Gasteiger partial charge >= 0.3 is 0 Å². The van der Waals surface area contributed by atoms with Crippen LogP contribution in [0.5, 0.6) is 0 Å². The van der Waals surface area contributed by atoms with Gasteiger partial charge in [0, 0.05) is 0 Å². The van der Waals surface area contributed by atoms with E-state index in [1.165, 1.54) is 0 Å². The van der Waals surface area contributed by atoms with Gasteiger partial charge in [0.1, 0.15) is 0 Å². The number of amides is 3. The molecular weight excluding hydrogens is 340 g/mol. The molecule has 0 aliphatic rings. The Morgan fingerprint density at radius 2 is 1.27 bits per heavy atom. The van der Waals surface area contributed by atoms with Crippen molar-refractivity contribution in [3.05, 3.63) is 0 Å². The summed E-state index contributed by atoms with van der Waals surface area (Å²) < 4.78 is 0. The van der Waals surface area contributed by atoms with Gasteiger partial charge in [0.05, 0.1) is 19.1 Å².